The molecule has 0 saturated carbocycles. The minimum Gasteiger partial charge on any atom is -0.396 e. The highest BCUT2D eigenvalue weighted by Crippen LogP contribution is 2.10. The molecule has 1 aromatic carbocycles. The van der Waals surface area contributed by atoms with Crippen molar-refractivity contribution in [2.24, 2.45) is 0 Å². The van der Waals surface area contributed by atoms with Crippen LogP contribution < -0.4 is 5.32 Å². The Labute approximate surface area is 103 Å². The second-order valence-electron chi connectivity index (χ2n) is 4.36. The Hall–Kier alpha value is -1.35. The first kappa shape index (κ1) is 13.7. The Balaban J connectivity index is 2.44. The van der Waals surface area contributed by atoms with Gasteiger partial charge in [-0.2, -0.15) is 0 Å². The molecular weight excluding hydrogens is 214 g/mol. The number of benzene rings is 1. The number of aryl methyl sites for hydroxylation is 2. The van der Waals surface area contributed by atoms with Crippen molar-refractivity contribution in [2.75, 3.05) is 13.2 Å². The number of hydrogen-bond acceptors (Lipinski definition) is 2. The summed E-state index contributed by atoms with van der Waals surface area (Å²) in [5.74, 6) is -0.00445. The van der Waals surface area contributed by atoms with Gasteiger partial charge in [0.15, 0.2) is 0 Å². The molecular formula is C14H21NO2. The van der Waals surface area contributed by atoms with E-state index in [0.29, 0.717) is 6.54 Å². The van der Waals surface area contributed by atoms with Crippen molar-refractivity contribution in [1.82, 2.24) is 5.32 Å². The number of aliphatic hydroxyl groups excluding tert-OH is 1. The fourth-order valence-corrected chi connectivity index (χ4v) is 1.69. The van der Waals surface area contributed by atoms with Gasteiger partial charge in [-0.1, -0.05) is 17.7 Å². The molecule has 1 amide bonds. The summed E-state index contributed by atoms with van der Waals surface area (Å²) in [4.78, 5) is 11.9. The van der Waals surface area contributed by atoms with Crippen molar-refractivity contribution in [3.05, 3.63) is 34.9 Å². The number of carbonyl (C=O) groups excluding carboxylic acids is 1. The number of unbranched alkanes of at least 4 members (excludes halogenated alkanes) is 2. The van der Waals surface area contributed by atoms with Crippen LogP contribution in [-0.4, -0.2) is 24.2 Å². The highest BCUT2D eigenvalue weighted by Gasteiger charge is 2.07. The van der Waals surface area contributed by atoms with Crippen LogP contribution in [0.5, 0.6) is 0 Å². The average molecular weight is 235 g/mol. The van der Waals surface area contributed by atoms with E-state index in [4.69, 9.17) is 5.11 Å². The van der Waals surface area contributed by atoms with Crippen molar-refractivity contribution in [1.29, 1.82) is 0 Å². The first-order chi connectivity index (χ1) is 8.15. The van der Waals surface area contributed by atoms with Crippen LogP contribution >= 0.6 is 0 Å². The summed E-state index contributed by atoms with van der Waals surface area (Å²) in [6.07, 6.45) is 2.67. The zero-order chi connectivity index (χ0) is 12.7. The Bertz CT molecular complexity index is 374. The quantitative estimate of drug-likeness (QED) is 0.743. The second-order valence-corrected chi connectivity index (χ2v) is 4.36. The smallest absolute Gasteiger partial charge is 0.251 e. The molecule has 17 heavy (non-hydrogen) atoms. The summed E-state index contributed by atoms with van der Waals surface area (Å²) in [5, 5.41) is 11.5. The van der Waals surface area contributed by atoms with Crippen LogP contribution in [0.1, 0.15) is 40.7 Å². The standard InChI is InChI=1S/C14H21NO2/c1-11-6-7-12(2)13(10-11)14(17)15-8-4-3-5-9-16/h6-7,10,16H,3-5,8-9H2,1-2H3,(H,15,17). The van der Waals surface area contributed by atoms with E-state index in [1.807, 2.05) is 32.0 Å². The summed E-state index contributed by atoms with van der Waals surface area (Å²) >= 11 is 0. The maximum absolute atomic E-state index is 11.9. The fraction of sp³-hybridized carbons (Fsp3) is 0.500. The lowest BCUT2D eigenvalue weighted by molar-refractivity contribution is 0.0952. The molecule has 0 fully saturated rings. The van der Waals surface area contributed by atoms with Crippen LogP contribution in [-0.2, 0) is 0 Å². The summed E-state index contributed by atoms with van der Waals surface area (Å²) in [7, 11) is 0. The van der Waals surface area contributed by atoms with Gasteiger partial charge >= 0.3 is 0 Å². The Morgan fingerprint density at radius 3 is 2.71 bits per heavy atom. The number of hydrogen-bond donors (Lipinski definition) is 2. The molecule has 0 spiro atoms. The number of amides is 1. The van der Waals surface area contributed by atoms with Gasteiger partial charge < -0.3 is 10.4 Å². The molecule has 0 bridgehead atoms. The topological polar surface area (TPSA) is 49.3 Å². The number of nitrogens with one attached hydrogen (secondary N) is 1. The maximum Gasteiger partial charge on any atom is 0.251 e. The van der Waals surface area contributed by atoms with Crippen molar-refractivity contribution in [3.8, 4) is 0 Å². The van der Waals surface area contributed by atoms with E-state index >= 15 is 0 Å². The Kier molecular flexibility index (Phi) is 5.70. The maximum atomic E-state index is 11.9. The van der Waals surface area contributed by atoms with Gasteiger partial charge in [0.2, 0.25) is 0 Å². The minimum atomic E-state index is -0.00445. The second kappa shape index (κ2) is 7.07. The van der Waals surface area contributed by atoms with Gasteiger partial charge in [-0.15, -0.1) is 0 Å². The highest BCUT2D eigenvalue weighted by atomic mass is 16.2. The van der Waals surface area contributed by atoms with E-state index in [-0.39, 0.29) is 12.5 Å². The van der Waals surface area contributed by atoms with Crippen molar-refractivity contribution >= 4 is 5.91 Å². The van der Waals surface area contributed by atoms with E-state index in [1.165, 1.54) is 0 Å². The van der Waals surface area contributed by atoms with E-state index in [2.05, 4.69) is 5.32 Å². The third kappa shape index (κ3) is 4.57. The van der Waals surface area contributed by atoms with Crippen molar-refractivity contribution in [2.45, 2.75) is 33.1 Å². The largest absolute Gasteiger partial charge is 0.396 e. The Morgan fingerprint density at radius 2 is 2.00 bits per heavy atom. The SMILES string of the molecule is Cc1ccc(C)c(C(=O)NCCCCCO)c1. The van der Waals surface area contributed by atoms with Crippen LogP contribution in [0.2, 0.25) is 0 Å². The predicted octanol–water partition coefficient (Wildman–Crippen LogP) is 2.20. The first-order valence-corrected chi connectivity index (χ1v) is 6.11. The van der Waals surface area contributed by atoms with E-state index in [9.17, 15) is 4.79 Å². The van der Waals surface area contributed by atoms with Gasteiger partial charge in [-0.3, -0.25) is 4.79 Å². The monoisotopic (exact) mass is 235 g/mol. The summed E-state index contributed by atoms with van der Waals surface area (Å²) in [6.45, 7) is 4.83. The van der Waals surface area contributed by atoms with Gasteiger partial charge in [-0.25, -0.2) is 0 Å². The summed E-state index contributed by atoms with van der Waals surface area (Å²) in [5.41, 5.74) is 2.86. The molecule has 94 valence electrons. The zero-order valence-corrected chi connectivity index (χ0v) is 10.6. The van der Waals surface area contributed by atoms with E-state index in [1.54, 1.807) is 0 Å². The molecule has 3 nitrogen and oxygen atoms in total. The van der Waals surface area contributed by atoms with Crippen LogP contribution in [0.4, 0.5) is 0 Å². The number of rotatable bonds is 6. The molecule has 1 aromatic rings. The van der Waals surface area contributed by atoms with Crippen molar-refractivity contribution < 1.29 is 9.90 Å². The van der Waals surface area contributed by atoms with Crippen LogP contribution in [0, 0.1) is 13.8 Å². The molecule has 0 radical (unpaired) electrons. The lowest BCUT2D eigenvalue weighted by Crippen LogP contribution is -2.25. The molecule has 1 rings (SSSR count). The molecule has 0 aliphatic carbocycles. The van der Waals surface area contributed by atoms with Gasteiger partial charge in [0.25, 0.3) is 5.91 Å². The molecule has 0 heterocycles. The minimum absolute atomic E-state index is 0.00445. The van der Waals surface area contributed by atoms with Gasteiger partial charge in [0, 0.05) is 18.7 Å². The molecule has 0 saturated heterocycles. The first-order valence-electron chi connectivity index (χ1n) is 6.11. The van der Waals surface area contributed by atoms with Crippen LogP contribution in [0.3, 0.4) is 0 Å². The van der Waals surface area contributed by atoms with Gasteiger partial charge in [-0.05, 0) is 44.7 Å². The zero-order valence-electron chi connectivity index (χ0n) is 10.6. The molecule has 0 aromatic heterocycles. The van der Waals surface area contributed by atoms with Gasteiger partial charge in [0.05, 0.1) is 0 Å². The molecule has 0 aliphatic heterocycles. The number of carbonyl (C=O) groups is 1. The highest BCUT2D eigenvalue weighted by molar-refractivity contribution is 5.95. The molecule has 3 heteroatoms. The fourth-order valence-electron chi connectivity index (χ4n) is 1.69. The van der Waals surface area contributed by atoms with Crippen molar-refractivity contribution in [3.63, 3.8) is 0 Å². The molecule has 0 aliphatic rings. The van der Waals surface area contributed by atoms with E-state index < -0.39 is 0 Å². The summed E-state index contributed by atoms with van der Waals surface area (Å²) in [6, 6.07) is 5.89. The predicted molar refractivity (Wildman–Crippen MR) is 69.2 cm³/mol. The van der Waals surface area contributed by atoms with Gasteiger partial charge in [0.1, 0.15) is 0 Å². The molecule has 2 N–H and O–H groups in total. The number of aliphatic hydroxyl groups is 1. The Morgan fingerprint density at radius 1 is 1.24 bits per heavy atom. The molecule has 0 atom stereocenters. The molecule has 0 unspecified atom stereocenters. The normalized spacial score (nSPS) is 10.3. The average Bonchev–Trinajstić information content (AvgIpc) is 2.32. The lowest BCUT2D eigenvalue weighted by atomic mass is 10.1. The third-order valence-electron chi connectivity index (χ3n) is 2.76. The van der Waals surface area contributed by atoms with E-state index in [0.717, 1.165) is 36.0 Å². The van der Waals surface area contributed by atoms with Crippen LogP contribution in [0.25, 0.3) is 0 Å². The third-order valence-corrected chi connectivity index (χ3v) is 2.76. The van der Waals surface area contributed by atoms with Crippen LogP contribution in [0.15, 0.2) is 18.2 Å². The summed E-state index contributed by atoms with van der Waals surface area (Å²) < 4.78 is 0. The lowest BCUT2D eigenvalue weighted by Gasteiger charge is -2.08.